The summed E-state index contributed by atoms with van der Waals surface area (Å²) >= 11 is 0. The summed E-state index contributed by atoms with van der Waals surface area (Å²) in [7, 11) is 0. The van der Waals surface area contributed by atoms with Crippen LogP contribution < -0.4 is 10.1 Å². The second-order valence-electron chi connectivity index (χ2n) is 11.3. The Labute approximate surface area is 221 Å². The summed E-state index contributed by atoms with van der Waals surface area (Å²) in [5.41, 5.74) is 2.65. The van der Waals surface area contributed by atoms with Gasteiger partial charge in [0.15, 0.2) is 5.79 Å². The molecule has 0 aliphatic carbocycles. The molecular weight excluding hydrogens is 468 g/mol. The van der Waals surface area contributed by atoms with Crippen LogP contribution in [0.1, 0.15) is 69.7 Å². The number of nitrogens with one attached hydrogen (secondary N) is 1. The van der Waals surface area contributed by atoms with Crippen molar-refractivity contribution in [2.75, 3.05) is 19.8 Å². The van der Waals surface area contributed by atoms with Gasteiger partial charge in [0.25, 0.3) is 0 Å². The molecule has 37 heavy (non-hydrogen) atoms. The average molecular weight is 509 g/mol. The number of hydrogen-bond acceptors (Lipinski definition) is 6. The summed E-state index contributed by atoms with van der Waals surface area (Å²) in [5, 5.41) is 12.7. The number of carbonyl (C=O) groups excluding carboxylic acids is 1. The molecule has 7 heteroatoms. The second kappa shape index (κ2) is 12.0. The van der Waals surface area contributed by atoms with E-state index < -0.39 is 23.0 Å². The first-order chi connectivity index (χ1) is 17.4. The van der Waals surface area contributed by atoms with E-state index in [1.54, 1.807) is 0 Å². The normalized spacial score (nSPS) is 16.5. The molecule has 1 heterocycles. The van der Waals surface area contributed by atoms with Crippen LogP contribution in [0.15, 0.2) is 42.5 Å². The van der Waals surface area contributed by atoms with E-state index in [1.807, 2.05) is 52.8 Å². The summed E-state index contributed by atoms with van der Waals surface area (Å²) in [6.07, 6.45) is 2.46. The van der Waals surface area contributed by atoms with Crippen LogP contribution in [0.5, 0.6) is 5.75 Å². The molecule has 1 aliphatic rings. The van der Waals surface area contributed by atoms with Crippen LogP contribution in [0, 0.1) is 18.3 Å². The van der Waals surface area contributed by atoms with Gasteiger partial charge in [-0.15, -0.1) is 0 Å². The lowest BCUT2D eigenvalue weighted by molar-refractivity contribution is -0.271. The fourth-order valence-corrected chi connectivity index (χ4v) is 4.16. The minimum Gasteiger partial charge on any atom is -0.492 e. The first-order valence-electron chi connectivity index (χ1n) is 12.9. The Bertz CT molecular complexity index is 1100. The van der Waals surface area contributed by atoms with E-state index in [1.165, 1.54) is 11.1 Å². The van der Waals surface area contributed by atoms with Crippen LogP contribution in [-0.2, 0) is 27.1 Å². The van der Waals surface area contributed by atoms with Crippen molar-refractivity contribution in [2.45, 2.75) is 84.2 Å². The minimum atomic E-state index is -0.740. The molecule has 0 saturated carbocycles. The monoisotopic (exact) mass is 508 g/mol. The molecule has 200 valence electrons. The maximum absolute atomic E-state index is 12.6. The molecule has 1 aliphatic heterocycles. The van der Waals surface area contributed by atoms with E-state index >= 15 is 0 Å². The van der Waals surface area contributed by atoms with Crippen molar-refractivity contribution in [3.05, 3.63) is 64.7 Å². The fraction of sp³-hybridized carbons (Fsp3) is 0.533. The molecule has 0 atom stereocenters. The average Bonchev–Trinajstić information content (AvgIpc) is 2.81. The van der Waals surface area contributed by atoms with Crippen molar-refractivity contribution in [1.82, 2.24) is 5.32 Å². The number of nitrogens with zero attached hydrogens (tertiary/aromatic N) is 1. The summed E-state index contributed by atoms with van der Waals surface area (Å²) < 4.78 is 23.2. The van der Waals surface area contributed by atoms with Crippen molar-refractivity contribution in [2.24, 2.45) is 0 Å². The first-order valence-corrected chi connectivity index (χ1v) is 12.9. The third kappa shape index (κ3) is 9.07. The molecule has 1 fully saturated rings. The van der Waals surface area contributed by atoms with Gasteiger partial charge in [0.05, 0.1) is 30.9 Å². The summed E-state index contributed by atoms with van der Waals surface area (Å²) in [6, 6.07) is 16.4. The van der Waals surface area contributed by atoms with Crippen LogP contribution in [0.2, 0.25) is 0 Å². The molecular formula is C30H40N2O5. The molecule has 0 bridgehead atoms. The molecule has 7 nitrogen and oxygen atoms in total. The summed E-state index contributed by atoms with van der Waals surface area (Å²) in [6.45, 7) is 12.4. The van der Waals surface area contributed by atoms with Gasteiger partial charge >= 0.3 is 6.09 Å². The lowest BCUT2D eigenvalue weighted by Gasteiger charge is -2.44. The Morgan fingerprint density at radius 1 is 1.08 bits per heavy atom. The second-order valence-corrected chi connectivity index (χ2v) is 11.3. The molecule has 2 aromatic carbocycles. The molecule has 3 rings (SSSR count). The third-order valence-electron chi connectivity index (χ3n) is 6.16. The van der Waals surface area contributed by atoms with Crippen LogP contribution in [0.4, 0.5) is 4.79 Å². The minimum absolute atomic E-state index is 0.298. The Hall–Kier alpha value is -3.08. The van der Waals surface area contributed by atoms with Gasteiger partial charge < -0.3 is 24.3 Å². The SMILES string of the molecule is Cc1cccc(CCCOc2ccc(CCC3(NC(=O)OC(C)(C)C)COC(C)(C)OC3)cc2C#N)c1. The van der Waals surface area contributed by atoms with Crippen molar-refractivity contribution in [3.63, 3.8) is 0 Å². The number of aryl methyl sites for hydroxylation is 3. The Morgan fingerprint density at radius 2 is 1.78 bits per heavy atom. The molecule has 1 N–H and O–H groups in total. The van der Waals surface area contributed by atoms with Gasteiger partial charge in [0.1, 0.15) is 17.4 Å². The highest BCUT2D eigenvalue weighted by Gasteiger charge is 2.42. The number of amides is 1. The van der Waals surface area contributed by atoms with Crippen molar-refractivity contribution < 1.29 is 23.7 Å². The van der Waals surface area contributed by atoms with Gasteiger partial charge in [-0.1, -0.05) is 35.9 Å². The molecule has 1 saturated heterocycles. The van der Waals surface area contributed by atoms with Gasteiger partial charge in [-0.05, 0) is 90.5 Å². The van der Waals surface area contributed by atoms with E-state index in [9.17, 15) is 10.1 Å². The number of carbonyl (C=O) groups is 1. The van der Waals surface area contributed by atoms with Gasteiger partial charge in [-0.25, -0.2) is 4.79 Å². The zero-order chi connectivity index (χ0) is 27.1. The molecule has 0 unspecified atom stereocenters. The maximum Gasteiger partial charge on any atom is 0.408 e. The third-order valence-corrected chi connectivity index (χ3v) is 6.16. The number of hydrogen-bond donors (Lipinski definition) is 1. The predicted octanol–water partition coefficient (Wildman–Crippen LogP) is 5.86. The van der Waals surface area contributed by atoms with E-state index in [2.05, 4.69) is 42.6 Å². The highest BCUT2D eigenvalue weighted by molar-refractivity contribution is 5.69. The summed E-state index contributed by atoms with van der Waals surface area (Å²) in [4.78, 5) is 12.6. The highest BCUT2D eigenvalue weighted by Crippen LogP contribution is 2.29. The van der Waals surface area contributed by atoms with Gasteiger partial charge in [-0.3, -0.25) is 0 Å². The van der Waals surface area contributed by atoms with Crippen molar-refractivity contribution >= 4 is 6.09 Å². The van der Waals surface area contributed by atoms with Crippen molar-refractivity contribution in [1.29, 1.82) is 5.26 Å². The fourth-order valence-electron chi connectivity index (χ4n) is 4.16. The lowest BCUT2D eigenvalue weighted by Crippen LogP contribution is -2.61. The van der Waals surface area contributed by atoms with E-state index in [-0.39, 0.29) is 0 Å². The predicted molar refractivity (Wildman–Crippen MR) is 143 cm³/mol. The standard InChI is InChI=1S/C30H40N2O5/c1-22-9-7-10-23(17-22)11-8-16-34-26-13-12-24(18-25(26)19-31)14-15-30(20-35-29(5,6)36-21-30)32-27(33)37-28(2,3)4/h7,9-10,12-13,17-18H,8,11,14-16,20-21H2,1-6H3,(H,32,33). The van der Waals surface area contributed by atoms with Gasteiger partial charge in [0.2, 0.25) is 0 Å². The molecule has 0 radical (unpaired) electrons. The number of benzene rings is 2. The van der Waals surface area contributed by atoms with Crippen LogP contribution in [-0.4, -0.2) is 42.8 Å². The number of ether oxygens (including phenoxy) is 4. The Kier molecular flexibility index (Phi) is 9.22. The maximum atomic E-state index is 12.6. The Morgan fingerprint density at radius 3 is 2.43 bits per heavy atom. The number of alkyl carbamates (subject to hydrolysis) is 1. The van der Waals surface area contributed by atoms with Crippen LogP contribution in [0.3, 0.4) is 0 Å². The molecule has 2 aromatic rings. The van der Waals surface area contributed by atoms with Crippen molar-refractivity contribution in [3.8, 4) is 11.8 Å². The largest absolute Gasteiger partial charge is 0.492 e. The van der Waals surface area contributed by atoms with Crippen LogP contribution >= 0.6 is 0 Å². The van der Waals surface area contributed by atoms with Crippen LogP contribution in [0.25, 0.3) is 0 Å². The van der Waals surface area contributed by atoms with Gasteiger partial charge in [0, 0.05) is 0 Å². The Balaban J connectivity index is 1.60. The zero-order valence-corrected chi connectivity index (χ0v) is 23.0. The van der Waals surface area contributed by atoms with Gasteiger partial charge in [-0.2, -0.15) is 5.26 Å². The van der Waals surface area contributed by atoms with E-state index in [0.29, 0.717) is 44.0 Å². The van der Waals surface area contributed by atoms with E-state index in [0.717, 1.165) is 18.4 Å². The number of rotatable bonds is 9. The topological polar surface area (TPSA) is 89.8 Å². The summed E-state index contributed by atoms with van der Waals surface area (Å²) in [5.74, 6) is -0.131. The number of nitriles is 1. The quantitative estimate of drug-likeness (QED) is 0.427. The first kappa shape index (κ1) is 28.5. The highest BCUT2D eigenvalue weighted by atomic mass is 16.7. The molecule has 1 amide bonds. The molecule has 0 aromatic heterocycles. The smallest absolute Gasteiger partial charge is 0.408 e. The molecule has 0 spiro atoms. The van der Waals surface area contributed by atoms with E-state index in [4.69, 9.17) is 18.9 Å². The lowest BCUT2D eigenvalue weighted by atomic mass is 9.91. The zero-order valence-electron chi connectivity index (χ0n) is 23.0.